The fourth-order valence-electron chi connectivity index (χ4n) is 3.22. The van der Waals surface area contributed by atoms with E-state index >= 15 is 0 Å². The van der Waals surface area contributed by atoms with Crippen molar-refractivity contribution in [1.82, 2.24) is 5.32 Å². The van der Waals surface area contributed by atoms with Crippen LogP contribution in [0.1, 0.15) is 49.0 Å². The molecule has 1 N–H and O–H groups in total. The highest BCUT2D eigenvalue weighted by atomic mass is 16.5. The van der Waals surface area contributed by atoms with Crippen LogP contribution in [0.5, 0.6) is 5.75 Å². The molecule has 0 fully saturated rings. The molecule has 0 heterocycles. The summed E-state index contributed by atoms with van der Waals surface area (Å²) in [4.78, 5) is 24.3. The first-order chi connectivity index (χ1) is 12.5. The molecule has 0 saturated carbocycles. The van der Waals surface area contributed by atoms with Crippen molar-refractivity contribution >= 4 is 11.7 Å². The molecule has 0 spiro atoms. The van der Waals surface area contributed by atoms with E-state index in [1.807, 2.05) is 30.3 Å². The van der Waals surface area contributed by atoms with Crippen molar-refractivity contribution < 1.29 is 14.3 Å². The lowest BCUT2D eigenvalue weighted by molar-refractivity contribution is -0.117. The average molecular weight is 353 g/mol. The van der Waals surface area contributed by atoms with Crippen molar-refractivity contribution in [2.24, 2.45) is 0 Å². The molecule has 2 aromatic carbocycles. The Labute approximate surface area is 155 Å². The number of carbonyl (C=O) groups excluding carboxylic acids is 2. The van der Waals surface area contributed by atoms with Crippen molar-refractivity contribution in [3.05, 3.63) is 65.7 Å². The molecule has 138 valence electrons. The number of benzene rings is 2. The maximum Gasteiger partial charge on any atom is 0.255 e. The number of amides is 1. The minimum absolute atomic E-state index is 0.162. The highest BCUT2D eigenvalue weighted by molar-refractivity contribution is 5.97. The van der Waals surface area contributed by atoms with Gasteiger partial charge in [-0.3, -0.25) is 4.79 Å². The van der Waals surface area contributed by atoms with E-state index < -0.39 is 0 Å². The summed E-state index contributed by atoms with van der Waals surface area (Å²) in [6.07, 6.45) is 2.03. The zero-order valence-corrected chi connectivity index (χ0v) is 15.7. The Hall–Kier alpha value is -2.62. The molecular weight excluding hydrogens is 326 g/mol. The van der Waals surface area contributed by atoms with Gasteiger partial charge in [0.15, 0.2) is 0 Å². The van der Waals surface area contributed by atoms with Crippen molar-refractivity contribution in [2.75, 3.05) is 13.7 Å². The molecular formula is C22H27NO3. The van der Waals surface area contributed by atoms with E-state index in [1.54, 1.807) is 26.2 Å². The lowest BCUT2D eigenvalue weighted by Gasteiger charge is -2.34. The summed E-state index contributed by atoms with van der Waals surface area (Å²) in [7, 11) is 1.55. The molecule has 0 bridgehead atoms. The Morgan fingerprint density at radius 3 is 2.31 bits per heavy atom. The summed E-state index contributed by atoms with van der Waals surface area (Å²) in [5.74, 6) is 0.546. The van der Waals surface area contributed by atoms with E-state index in [0.717, 1.165) is 12.0 Å². The van der Waals surface area contributed by atoms with Gasteiger partial charge in [0.1, 0.15) is 11.5 Å². The molecule has 0 aliphatic carbocycles. The number of rotatable bonds is 9. The zero-order chi connectivity index (χ0) is 19.0. The summed E-state index contributed by atoms with van der Waals surface area (Å²) >= 11 is 0. The zero-order valence-electron chi connectivity index (χ0n) is 15.7. The topological polar surface area (TPSA) is 55.4 Å². The van der Waals surface area contributed by atoms with Crippen LogP contribution in [0.4, 0.5) is 0 Å². The predicted octanol–water partition coefficient (Wildman–Crippen LogP) is 4.14. The van der Waals surface area contributed by atoms with Crippen molar-refractivity contribution in [1.29, 1.82) is 0 Å². The van der Waals surface area contributed by atoms with E-state index in [2.05, 4.69) is 24.4 Å². The maximum atomic E-state index is 12.7. The number of Topliss-reactive ketones (excluding diaryl/α,β-unsaturated/α-hetero) is 1. The van der Waals surface area contributed by atoms with Gasteiger partial charge in [-0.25, -0.2) is 0 Å². The number of para-hydroxylation sites is 1. The molecule has 1 amide bonds. The van der Waals surface area contributed by atoms with Crippen LogP contribution in [-0.2, 0) is 10.2 Å². The Morgan fingerprint density at radius 2 is 1.69 bits per heavy atom. The minimum atomic E-state index is -0.273. The molecule has 1 atom stereocenters. The van der Waals surface area contributed by atoms with Gasteiger partial charge in [-0.15, -0.1) is 0 Å². The Bertz CT molecular complexity index is 742. The van der Waals surface area contributed by atoms with Crippen LogP contribution >= 0.6 is 0 Å². The fraction of sp³-hybridized carbons (Fsp3) is 0.364. The van der Waals surface area contributed by atoms with E-state index in [0.29, 0.717) is 30.7 Å². The second kappa shape index (κ2) is 9.18. The van der Waals surface area contributed by atoms with Gasteiger partial charge in [-0.1, -0.05) is 49.4 Å². The average Bonchev–Trinajstić information content (AvgIpc) is 2.68. The molecule has 4 heteroatoms. The Balaban J connectivity index is 2.23. The van der Waals surface area contributed by atoms with Crippen LogP contribution < -0.4 is 10.1 Å². The summed E-state index contributed by atoms with van der Waals surface area (Å²) in [5, 5.41) is 3.06. The Kier molecular flexibility index (Phi) is 6.96. The molecule has 0 aliphatic heterocycles. The number of hydrogen-bond donors (Lipinski definition) is 1. The summed E-state index contributed by atoms with van der Waals surface area (Å²) in [6.45, 7) is 4.18. The SMILES string of the molecule is CC[C@](CCC(C)=O)(CNC(=O)c1ccccc1OC)c1ccccc1. The molecule has 2 rings (SSSR count). The standard InChI is InChI=1S/C22H27NO3/c1-4-22(15-14-17(2)24,18-10-6-5-7-11-18)16-23-21(25)19-12-8-9-13-20(19)26-3/h5-13H,4,14-16H2,1-3H3,(H,23,25)/t22-/m0/s1. The third-order valence-electron chi connectivity index (χ3n) is 4.96. The predicted molar refractivity (Wildman–Crippen MR) is 104 cm³/mol. The lowest BCUT2D eigenvalue weighted by Crippen LogP contribution is -2.41. The number of nitrogens with one attached hydrogen (secondary N) is 1. The smallest absolute Gasteiger partial charge is 0.255 e. The third-order valence-corrected chi connectivity index (χ3v) is 4.96. The molecule has 0 aliphatic rings. The van der Waals surface area contributed by atoms with Crippen molar-refractivity contribution in [3.63, 3.8) is 0 Å². The van der Waals surface area contributed by atoms with Gasteiger partial charge in [0.2, 0.25) is 0 Å². The molecule has 0 unspecified atom stereocenters. The highest BCUT2D eigenvalue weighted by Gasteiger charge is 2.31. The second-order valence-electron chi connectivity index (χ2n) is 6.58. The first kappa shape index (κ1) is 19.7. The van der Waals surface area contributed by atoms with E-state index in [9.17, 15) is 9.59 Å². The van der Waals surface area contributed by atoms with Gasteiger partial charge in [0, 0.05) is 18.4 Å². The molecule has 0 radical (unpaired) electrons. The number of hydrogen-bond acceptors (Lipinski definition) is 3. The quantitative estimate of drug-likeness (QED) is 0.737. The van der Waals surface area contributed by atoms with Crippen LogP contribution in [0, 0.1) is 0 Å². The van der Waals surface area contributed by atoms with Crippen LogP contribution in [0.25, 0.3) is 0 Å². The molecule has 26 heavy (non-hydrogen) atoms. The lowest BCUT2D eigenvalue weighted by atomic mass is 9.74. The van der Waals surface area contributed by atoms with Crippen LogP contribution in [-0.4, -0.2) is 25.3 Å². The number of methoxy groups -OCH3 is 1. The van der Waals surface area contributed by atoms with Gasteiger partial charge in [0.05, 0.1) is 12.7 Å². The van der Waals surface area contributed by atoms with Crippen molar-refractivity contribution in [2.45, 2.75) is 38.5 Å². The Morgan fingerprint density at radius 1 is 1.04 bits per heavy atom. The minimum Gasteiger partial charge on any atom is -0.496 e. The fourth-order valence-corrected chi connectivity index (χ4v) is 3.22. The van der Waals surface area contributed by atoms with Gasteiger partial charge < -0.3 is 14.8 Å². The molecule has 0 saturated heterocycles. The maximum absolute atomic E-state index is 12.7. The number of ketones is 1. The van der Waals surface area contributed by atoms with Gasteiger partial charge in [-0.2, -0.15) is 0 Å². The van der Waals surface area contributed by atoms with E-state index in [4.69, 9.17) is 4.74 Å². The van der Waals surface area contributed by atoms with E-state index in [-0.39, 0.29) is 17.1 Å². The number of carbonyl (C=O) groups is 2. The van der Waals surface area contributed by atoms with Gasteiger partial charge in [0.25, 0.3) is 5.91 Å². The van der Waals surface area contributed by atoms with E-state index in [1.165, 1.54) is 0 Å². The highest BCUT2D eigenvalue weighted by Crippen LogP contribution is 2.33. The van der Waals surface area contributed by atoms with Crippen molar-refractivity contribution in [3.8, 4) is 5.75 Å². The first-order valence-corrected chi connectivity index (χ1v) is 8.98. The third kappa shape index (κ3) is 4.72. The molecule has 2 aromatic rings. The summed E-state index contributed by atoms with van der Waals surface area (Å²) in [5.41, 5.74) is 1.38. The summed E-state index contributed by atoms with van der Waals surface area (Å²) in [6, 6.07) is 17.3. The summed E-state index contributed by atoms with van der Waals surface area (Å²) < 4.78 is 5.28. The van der Waals surface area contributed by atoms with Crippen LogP contribution in [0.2, 0.25) is 0 Å². The number of ether oxygens (including phenoxy) is 1. The second-order valence-corrected chi connectivity index (χ2v) is 6.58. The molecule has 4 nitrogen and oxygen atoms in total. The van der Waals surface area contributed by atoms with Gasteiger partial charge in [-0.05, 0) is 37.5 Å². The van der Waals surface area contributed by atoms with Crippen LogP contribution in [0.3, 0.4) is 0 Å². The largest absolute Gasteiger partial charge is 0.496 e. The van der Waals surface area contributed by atoms with Crippen LogP contribution in [0.15, 0.2) is 54.6 Å². The normalized spacial score (nSPS) is 12.9. The first-order valence-electron chi connectivity index (χ1n) is 8.98. The van der Waals surface area contributed by atoms with Gasteiger partial charge >= 0.3 is 0 Å². The monoisotopic (exact) mass is 353 g/mol. The molecule has 0 aromatic heterocycles.